The molecule has 0 atom stereocenters. The van der Waals surface area contributed by atoms with Gasteiger partial charge in [0.05, 0.1) is 17.1 Å². The molecule has 1 amide bonds. The van der Waals surface area contributed by atoms with Gasteiger partial charge in [-0.2, -0.15) is 10.2 Å². The Bertz CT molecular complexity index is 1140. The molecule has 5 nitrogen and oxygen atoms in total. The van der Waals surface area contributed by atoms with Crippen LogP contribution in [0.25, 0.3) is 10.6 Å². The Labute approximate surface area is 172 Å². The molecular weight excluding hydrogens is 380 g/mol. The number of amides is 1. The Kier molecular flexibility index (Phi) is 5.54. The summed E-state index contributed by atoms with van der Waals surface area (Å²) < 4.78 is 0. The van der Waals surface area contributed by atoms with Crippen molar-refractivity contribution in [1.29, 1.82) is 0 Å². The van der Waals surface area contributed by atoms with Gasteiger partial charge in [-0.15, -0.1) is 11.3 Å². The van der Waals surface area contributed by atoms with Gasteiger partial charge in [0.15, 0.2) is 0 Å². The van der Waals surface area contributed by atoms with Crippen LogP contribution < -0.4 is 5.32 Å². The molecule has 0 fully saturated rings. The second-order valence-electron chi connectivity index (χ2n) is 6.34. The van der Waals surface area contributed by atoms with Crippen molar-refractivity contribution in [3.8, 4) is 10.6 Å². The van der Waals surface area contributed by atoms with Gasteiger partial charge >= 0.3 is 0 Å². The molecule has 0 aliphatic rings. The molecule has 0 aliphatic heterocycles. The number of nitrogens with zero attached hydrogens (tertiary/aromatic N) is 3. The fraction of sp³-hybridized carbons (Fsp3) is 0.0435. The number of azo groups is 1. The molecule has 1 aromatic heterocycles. The number of thiazole rings is 1. The van der Waals surface area contributed by atoms with Crippen molar-refractivity contribution < 1.29 is 4.79 Å². The molecule has 0 bridgehead atoms. The number of hydrogen-bond donors (Lipinski definition) is 1. The summed E-state index contributed by atoms with van der Waals surface area (Å²) in [7, 11) is 0. The maximum Gasteiger partial charge on any atom is 0.267 e. The zero-order valence-corrected chi connectivity index (χ0v) is 16.6. The van der Waals surface area contributed by atoms with E-state index in [0.29, 0.717) is 16.3 Å². The van der Waals surface area contributed by atoms with Crippen LogP contribution >= 0.6 is 11.3 Å². The minimum Gasteiger partial charge on any atom is -0.321 e. The Morgan fingerprint density at radius 2 is 1.41 bits per heavy atom. The lowest BCUT2D eigenvalue weighted by molar-refractivity contribution is 0.103. The number of carbonyl (C=O) groups is 1. The summed E-state index contributed by atoms with van der Waals surface area (Å²) in [4.78, 5) is 17.8. The van der Waals surface area contributed by atoms with Crippen LogP contribution in [-0.2, 0) is 0 Å². The molecule has 0 radical (unpaired) electrons. The minimum absolute atomic E-state index is 0.166. The zero-order chi connectivity index (χ0) is 20.1. The standard InChI is InChI=1S/C23H18N4OS/c1-16-21(29-23(24-16)17-8-4-2-5-9-17)22(28)25-18-12-14-20(15-13-18)27-26-19-10-6-3-7-11-19/h2-15H,1H3,(H,25,28). The first kappa shape index (κ1) is 18.7. The van der Waals surface area contributed by atoms with E-state index in [-0.39, 0.29) is 5.91 Å². The molecular formula is C23H18N4OS. The molecule has 0 aliphatic carbocycles. The first-order valence-corrected chi connectivity index (χ1v) is 9.92. The smallest absolute Gasteiger partial charge is 0.267 e. The molecule has 3 aromatic carbocycles. The number of anilines is 1. The van der Waals surface area contributed by atoms with Crippen LogP contribution in [0.3, 0.4) is 0 Å². The summed E-state index contributed by atoms with van der Waals surface area (Å²) in [6.07, 6.45) is 0. The van der Waals surface area contributed by atoms with Gasteiger partial charge in [-0.05, 0) is 43.3 Å². The van der Waals surface area contributed by atoms with E-state index in [2.05, 4.69) is 20.5 Å². The number of aromatic nitrogens is 1. The highest BCUT2D eigenvalue weighted by Gasteiger charge is 2.16. The van der Waals surface area contributed by atoms with E-state index in [1.165, 1.54) is 11.3 Å². The number of hydrogen-bond acceptors (Lipinski definition) is 5. The highest BCUT2D eigenvalue weighted by Crippen LogP contribution is 2.28. The predicted octanol–water partition coefficient (Wildman–Crippen LogP) is 6.79. The fourth-order valence-corrected chi connectivity index (χ4v) is 3.69. The Balaban J connectivity index is 1.45. The van der Waals surface area contributed by atoms with E-state index in [4.69, 9.17) is 0 Å². The van der Waals surface area contributed by atoms with Crippen molar-refractivity contribution in [2.45, 2.75) is 6.92 Å². The lowest BCUT2D eigenvalue weighted by Gasteiger charge is -2.04. The normalized spacial score (nSPS) is 10.9. The van der Waals surface area contributed by atoms with Crippen molar-refractivity contribution in [3.63, 3.8) is 0 Å². The topological polar surface area (TPSA) is 66.7 Å². The number of nitrogens with one attached hydrogen (secondary N) is 1. The van der Waals surface area contributed by atoms with Crippen molar-refractivity contribution in [2.24, 2.45) is 10.2 Å². The number of aryl methyl sites for hydroxylation is 1. The van der Waals surface area contributed by atoms with Crippen LogP contribution in [-0.4, -0.2) is 10.9 Å². The molecule has 1 N–H and O–H groups in total. The molecule has 0 saturated heterocycles. The maximum atomic E-state index is 12.7. The largest absolute Gasteiger partial charge is 0.321 e. The Morgan fingerprint density at radius 1 is 0.828 bits per heavy atom. The third-order valence-corrected chi connectivity index (χ3v) is 5.39. The molecule has 142 valence electrons. The molecule has 0 spiro atoms. The maximum absolute atomic E-state index is 12.7. The highest BCUT2D eigenvalue weighted by molar-refractivity contribution is 7.17. The quantitative estimate of drug-likeness (QED) is 0.376. The molecule has 0 unspecified atom stereocenters. The average molecular weight is 398 g/mol. The van der Waals surface area contributed by atoms with Crippen LogP contribution in [0.2, 0.25) is 0 Å². The van der Waals surface area contributed by atoms with E-state index in [9.17, 15) is 4.79 Å². The van der Waals surface area contributed by atoms with E-state index in [1.807, 2.05) is 91.9 Å². The second kappa shape index (κ2) is 8.58. The van der Waals surface area contributed by atoms with Crippen LogP contribution in [0.1, 0.15) is 15.4 Å². The van der Waals surface area contributed by atoms with Gasteiger partial charge in [-0.1, -0.05) is 48.5 Å². The molecule has 1 heterocycles. The van der Waals surface area contributed by atoms with Crippen molar-refractivity contribution in [2.75, 3.05) is 5.32 Å². The first-order chi connectivity index (χ1) is 14.2. The molecule has 6 heteroatoms. The van der Waals surface area contributed by atoms with Gasteiger partial charge in [-0.25, -0.2) is 4.98 Å². The lowest BCUT2D eigenvalue weighted by Crippen LogP contribution is -2.11. The van der Waals surface area contributed by atoms with Gasteiger partial charge in [-0.3, -0.25) is 4.79 Å². The summed E-state index contributed by atoms with van der Waals surface area (Å²) in [5.41, 5.74) is 3.93. The van der Waals surface area contributed by atoms with Crippen LogP contribution in [0.4, 0.5) is 17.1 Å². The highest BCUT2D eigenvalue weighted by atomic mass is 32.1. The van der Waals surface area contributed by atoms with E-state index in [0.717, 1.165) is 22.0 Å². The number of carbonyl (C=O) groups excluding carboxylic acids is 1. The van der Waals surface area contributed by atoms with Gasteiger partial charge in [0.2, 0.25) is 0 Å². The zero-order valence-electron chi connectivity index (χ0n) is 15.7. The van der Waals surface area contributed by atoms with Gasteiger partial charge in [0.1, 0.15) is 9.88 Å². The van der Waals surface area contributed by atoms with Gasteiger partial charge in [0.25, 0.3) is 5.91 Å². The van der Waals surface area contributed by atoms with Crippen molar-refractivity contribution >= 4 is 34.3 Å². The van der Waals surface area contributed by atoms with Crippen molar-refractivity contribution in [1.82, 2.24) is 4.98 Å². The summed E-state index contributed by atoms with van der Waals surface area (Å²) in [5, 5.41) is 12.2. The Morgan fingerprint density at radius 3 is 2.07 bits per heavy atom. The number of benzene rings is 3. The third kappa shape index (κ3) is 4.62. The van der Waals surface area contributed by atoms with Crippen LogP contribution in [0.15, 0.2) is 95.2 Å². The SMILES string of the molecule is Cc1nc(-c2ccccc2)sc1C(=O)Nc1ccc(N=Nc2ccccc2)cc1. The molecule has 29 heavy (non-hydrogen) atoms. The molecule has 4 aromatic rings. The van der Waals surface area contributed by atoms with E-state index in [1.54, 1.807) is 0 Å². The van der Waals surface area contributed by atoms with E-state index < -0.39 is 0 Å². The third-order valence-electron chi connectivity index (χ3n) is 4.19. The Hall–Kier alpha value is -3.64. The predicted molar refractivity (Wildman–Crippen MR) is 117 cm³/mol. The number of rotatable bonds is 5. The summed E-state index contributed by atoms with van der Waals surface area (Å²) in [5.74, 6) is -0.166. The van der Waals surface area contributed by atoms with Gasteiger partial charge in [0, 0.05) is 11.3 Å². The molecule has 4 rings (SSSR count). The molecule has 0 saturated carbocycles. The average Bonchev–Trinajstić information content (AvgIpc) is 3.16. The van der Waals surface area contributed by atoms with Crippen molar-refractivity contribution in [3.05, 3.63) is 95.5 Å². The monoisotopic (exact) mass is 398 g/mol. The van der Waals surface area contributed by atoms with Gasteiger partial charge < -0.3 is 5.32 Å². The minimum atomic E-state index is -0.166. The van der Waals surface area contributed by atoms with E-state index >= 15 is 0 Å². The lowest BCUT2D eigenvalue weighted by atomic mass is 10.2. The second-order valence-corrected chi connectivity index (χ2v) is 7.34. The summed E-state index contributed by atoms with van der Waals surface area (Å²) in [6.45, 7) is 1.85. The summed E-state index contributed by atoms with van der Waals surface area (Å²) >= 11 is 1.39. The first-order valence-electron chi connectivity index (χ1n) is 9.10. The fourth-order valence-electron chi connectivity index (χ4n) is 2.72. The van der Waals surface area contributed by atoms with Crippen LogP contribution in [0.5, 0.6) is 0 Å². The summed E-state index contributed by atoms with van der Waals surface area (Å²) in [6, 6.07) is 26.7. The van der Waals surface area contributed by atoms with Crippen LogP contribution in [0, 0.1) is 6.92 Å².